The Hall–Kier alpha value is -1.84. The van der Waals surface area contributed by atoms with Crippen molar-refractivity contribution in [2.75, 3.05) is 11.9 Å². The third-order valence-corrected chi connectivity index (χ3v) is 3.08. The average molecular weight is 244 g/mol. The molecule has 0 radical (unpaired) electrons. The molecular weight excluding hydrogens is 224 g/mol. The molecule has 4 heteroatoms. The molecule has 2 rings (SSSR count). The van der Waals surface area contributed by atoms with Crippen LogP contribution in [-0.4, -0.2) is 21.1 Å². The third kappa shape index (κ3) is 2.88. The van der Waals surface area contributed by atoms with Gasteiger partial charge in [0.15, 0.2) is 0 Å². The van der Waals surface area contributed by atoms with E-state index >= 15 is 0 Å². The summed E-state index contributed by atoms with van der Waals surface area (Å²) in [6.07, 6.45) is 4.91. The van der Waals surface area contributed by atoms with E-state index in [9.17, 15) is 0 Å². The quantitative estimate of drug-likeness (QED) is 0.879. The summed E-state index contributed by atoms with van der Waals surface area (Å²) in [4.78, 5) is 8.70. The second-order valence-electron chi connectivity index (χ2n) is 4.52. The van der Waals surface area contributed by atoms with Crippen LogP contribution in [0.1, 0.15) is 30.3 Å². The number of nitrogens with zero attached hydrogens (tertiary/aromatic N) is 3. The van der Waals surface area contributed by atoms with Crippen LogP contribution < -0.4 is 5.32 Å². The number of aryl methyl sites for hydroxylation is 1. The Balaban J connectivity index is 2.04. The Bertz CT molecular complexity index is 499. The van der Waals surface area contributed by atoms with Crippen LogP contribution in [0.4, 0.5) is 5.82 Å². The average Bonchev–Trinajstić information content (AvgIpc) is 2.70. The highest BCUT2D eigenvalue weighted by Crippen LogP contribution is 2.10. The van der Waals surface area contributed by atoms with Crippen molar-refractivity contribution in [3.05, 3.63) is 41.6 Å². The van der Waals surface area contributed by atoms with Crippen molar-refractivity contribution < 1.29 is 0 Å². The van der Waals surface area contributed by atoms with E-state index in [-0.39, 0.29) is 0 Å². The maximum atomic E-state index is 4.40. The van der Waals surface area contributed by atoms with Gasteiger partial charge in [0.05, 0.1) is 18.6 Å². The number of aromatic nitrogens is 3. The monoisotopic (exact) mass is 244 g/mol. The molecule has 0 fully saturated rings. The summed E-state index contributed by atoms with van der Waals surface area (Å²) in [5.41, 5.74) is 3.49. The molecule has 0 bridgehead atoms. The fraction of sp³-hybridized carbons (Fsp3) is 0.429. The lowest BCUT2D eigenvalue weighted by molar-refractivity contribution is 0.765. The van der Waals surface area contributed by atoms with E-state index in [0.717, 1.165) is 31.0 Å². The molecule has 0 spiro atoms. The third-order valence-electron chi connectivity index (χ3n) is 3.08. The second-order valence-corrected chi connectivity index (χ2v) is 4.52. The number of nitrogens with one attached hydrogen (secondary N) is 1. The van der Waals surface area contributed by atoms with Crippen LogP contribution in [0.25, 0.3) is 0 Å². The molecule has 0 saturated carbocycles. The van der Waals surface area contributed by atoms with E-state index < -0.39 is 0 Å². The highest BCUT2D eigenvalue weighted by atomic mass is 15.1. The number of imidazole rings is 1. The molecule has 96 valence electrons. The summed E-state index contributed by atoms with van der Waals surface area (Å²) in [6.45, 7) is 8.06. The van der Waals surface area contributed by atoms with E-state index in [4.69, 9.17) is 0 Å². The molecule has 0 unspecified atom stereocenters. The zero-order valence-electron chi connectivity index (χ0n) is 11.3. The molecular formula is C14H20N4. The Morgan fingerprint density at radius 3 is 2.61 bits per heavy atom. The van der Waals surface area contributed by atoms with Crippen LogP contribution in [0.3, 0.4) is 0 Å². The van der Waals surface area contributed by atoms with Gasteiger partial charge in [0, 0.05) is 18.4 Å². The van der Waals surface area contributed by atoms with E-state index in [1.54, 1.807) is 0 Å². The molecule has 4 nitrogen and oxygen atoms in total. The van der Waals surface area contributed by atoms with Gasteiger partial charge in [0.2, 0.25) is 0 Å². The van der Waals surface area contributed by atoms with Gasteiger partial charge >= 0.3 is 0 Å². The lowest BCUT2D eigenvalue weighted by atomic mass is 10.2. The fourth-order valence-corrected chi connectivity index (χ4v) is 1.78. The van der Waals surface area contributed by atoms with Crippen LogP contribution in [0, 0.1) is 13.8 Å². The van der Waals surface area contributed by atoms with Crippen molar-refractivity contribution in [2.45, 2.75) is 33.7 Å². The minimum atomic E-state index is 0.827. The van der Waals surface area contributed by atoms with Crippen molar-refractivity contribution in [1.29, 1.82) is 0 Å². The first-order chi connectivity index (χ1) is 8.70. The maximum absolute atomic E-state index is 4.40. The first-order valence-corrected chi connectivity index (χ1v) is 6.38. The molecule has 0 aliphatic rings. The summed E-state index contributed by atoms with van der Waals surface area (Å²) >= 11 is 0. The Morgan fingerprint density at radius 1 is 1.22 bits per heavy atom. The zero-order chi connectivity index (χ0) is 13.0. The second kappa shape index (κ2) is 5.67. The van der Waals surface area contributed by atoms with Gasteiger partial charge in [-0.05, 0) is 31.9 Å². The molecule has 2 aromatic rings. The number of anilines is 1. The van der Waals surface area contributed by atoms with Gasteiger partial charge in [-0.15, -0.1) is 0 Å². The predicted octanol–water partition coefficient (Wildman–Crippen LogP) is 2.77. The summed E-state index contributed by atoms with van der Waals surface area (Å²) < 4.78 is 2.14. The van der Waals surface area contributed by atoms with Crippen molar-refractivity contribution in [3.8, 4) is 0 Å². The van der Waals surface area contributed by atoms with E-state index in [0.29, 0.717) is 0 Å². The minimum Gasteiger partial charge on any atom is -0.370 e. The summed E-state index contributed by atoms with van der Waals surface area (Å²) in [5.74, 6) is 0.944. The maximum Gasteiger partial charge on any atom is 0.125 e. The summed E-state index contributed by atoms with van der Waals surface area (Å²) in [5, 5.41) is 3.27. The van der Waals surface area contributed by atoms with Crippen LogP contribution >= 0.6 is 0 Å². The first kappa shape index (κ1) is 12.6. The SMILES string of the molecule is CCCNc1ccc(Cn2cnc(C)c2C)cn1. The molecule has 0 aromatic carbocycles. The molecule has 1 N–H and O–H groups in total. The highest BCUT2D eigenvalue weighted by molar-refractivity contribution is 5.35. The predicted molar refractivity (Wildman–Crippen MR) is 73.8 cm³/mol. The van der Waals surface area contributed by atoms with Gasteiger partial charge in [0.25, 0.3) is 0 Å². The van der Waals surface area contributed by atoms with Gasteiger partial charge in [-0.1, -0.05) is 13.0 Å². The standard InChI is InChI=1S/C14H20N4/c1-4-7-15-14-6-5-13(8-16-14)9-18-10-17-11(2)12(18)3/h5-6,8,10H,4,7,9H2,1-3H3,(H,15,16). The zero-order valence-corrected chi connectivity index (χ0v) is 11.3. The normalized spacial score (nSPS) is 10.6. The van der Waals surface area contributed by atoms with Crippen molar-refractivity contribution in [3.63, 3.8) is 0 Å². The Labute approximate surface area is 108 Å². The molecule has 0 saturated heterocycles. The van der Waals surface area contributed by atoms with E-state index in [1.807, 2.05) is 25.5 Å². The number of hydrogen-bond donors (Lipinski definition) is 1. The van der Waals surface area contributed by atoms with Gasteiger partial charge in [-0.2, -0.15) is 0 Å². The molecule has 0 atom stereocenters. The Morgan fingerprint density at radius 2 is 2.06 bits per heavy atom. The lowest BCUT2D eigenvalue weighted by Gasteiger charge is -2.07. The lowest BCUT2D eigenvalue weighted by Crippen LogP contribution is -2.04. The smallest absolute Gasteiger partial charge is 0.125 e. The molecule has 0 amide bonds. The van der Waals surface area contributed by atoms with Crippen molar-refractivity contribution in [2.24, 2.45) is 0 Å². The molecule has 0 aliphatic carbocycles. The highest BCUT2D eigenvalue weighted by Gasteiger charge is 2.03. The van der Waals surface area contributed by atoms with Gasteiger partial charge in [-0.25, -0.2) is 9.97 Å². The topological polar surface area (TPSA) is 42.7 Å². The number of pyridine rings is 1. The number of rotatable bonds is 5. The largest absolute Gasteiger partial charge is 0.370 e. The summed E-state index contributed by atoms with van der Waals surface area (Å²) in [7, 11) is 0. The van der Waals surface area contributed by atoms with Crippen LogP contribution in [0.15, 0.2) is 24.7 Å². The van der Waals surface area contributed by atoms with Gasteiger partial charge < -0.3 is 9.88 Å². The van der Waals surface area contributed by atoms with Crippen LogP contribution in [0.5, 0.6) is 0 Å². The molecule has 0 aliphatic heterocycles. The van der Waals surface area contributed by atoms with Gasteiger partial charge in [0.1, 0.15) is 5.82 Å². The van der Waals surface area contributed by atoms with E-state index in [2.05, 4.69) is 39.8 Å². The Kier molecular flexibility index (Phi) is 3.97. The number of hydrogen-bond acceptors (Lipinski definition) is 3. The van der Waals surface area contributed by atoms with Crippen LogP contribution in [-0.2, 0) is 6.54 Å². The summed E-state index contributed by atoms with van der Waals surface area (Å²) in [6, 6.07) is 4.14. The molecule has 18 heavy (non-hydrogen) atoms. The minimum absolute atomic E-state index is 0.827. The van der Waals surface area contributed by atoms with Gasteiger partial charge in [-0.3, -0.25) is 0 Å². The molecule has 2 heterocycles. The van der Waals surface area contributed by atoms with Crippen LogP contribution in [0.2, 0.25) is 0 Å². The first-order valence-electron chi connectivity index (χ1n) is 6.38. The molecule has 2 aromatic heterocycles. The van der Waals surface area contributed by atoms with Crippen molar-refractivity contribution in [1.82, 2.24) is 14.5 Å². The fourth-order valence-electron chi connectivity index (χ4n) is 1.78. The van der Waals surface area contributed by atoms with E-state index in [1.165, 1.54) is 11.3 Å². The van der Waals surface area contributed by atoms with Crippen molar-refractivity contribution >= 4 is 5.82 Å².